The lowest BCUT2D eigenvalue weighted by atomic mass is 10.1. The topological polar surface area (TPSA) is 166 Å². The van der Waals surface area contributed by atoms with Gasteiger partial charge in [0, 0.05) is 18.1 Å². The van der Waals surface area contributed by atoms with Gasteiger partial charge in [-0.3, -0.25) is 9.11 Å². The van der Waals surface area contributed by atoms with E-state index >= 15 is 0 Å². The average molecular weight is 451 g/mol. The van der Waals surface area contributed by atoms with Gasteiger partial charge in [0.25, 0.3) is 20.2 Å². The Morgan fingerprint density at radius 3 is 2.00 bits per heavy atom. The molecule has 0 heterocycles. The highest BCUT2D eigenvalue weighted by Gasteiger charge is 2.27. The van der Waals surface area contributed by atoms with Gasteiger partial charge in [-0.1, -0.05) is 17.7 Å². The molecule has 0 aliphatic heterocycles. The van der Waals surface area contributed by atoms with Crippen molar-refractivity contribution < 1.29 is 31.0 Å². The van der Waals surface area contributed by atoms with Crippen molar-refractivity contribution >= 4 is 48.1 Å². The molecule has 0 aliphatic rings. The minimum Gasteiger partial charge on any atom is -0.505 e. The standard InChI is InChI=1S/C18H17N3O7S2/c1-10-3-5-11(6-4-10)20-21-17-15(30(26,27)28)9-12-14(29(23,24)25)8-7-13(19-2)16(12)18(17)22/h3-9,19,22H,1-2H3,(H,23,24,25)(H,26,27,28). The van der Waals surface area contributed by atoms with E-state index in [1.807, 2.05) is 6.92 Å². The predicted molar refractivity (Wildman–Crippen MR) is 110 cm³/mol. The first-order valence-electron chi connectivity index (χ1n) is 8.37. The normalized spacial score (nSPS) is 12.5. The van der Waals surface area contributed by atoms with Crippen LogP contribution in [-0.2, 0) is 20.2 Å². The molecule has 3 aromatic rings. The van der Waals surface area contributed by atoms with E-state index in [0.717, 1.165) is 17.7 Å². The van der Waals surface area contributed by atoms with Crippen molar-refractivity contribution in [2.24, 2.45) is 10.2 Å². The number of aryl methyl sites for hydroxylation is 1. The maximum atomic E-state index is 11.9. The Labute approximate surface area is 172 Å². The smallest absolute Gasteiger partial charge is 0.296 e. The average Bonchev–Trinajstić information content (AvgIpc) is 2.65. The van der Waals surface area contributed by atoms with E-state index in [1.54, 1.807) is 24.3 Å². The summed E-state index contributed by atoms with van der Waals surface area (Å²) in [4.78, 5) is -1.53. The van der Waals surface area contributed by atoms with Crippen LogP contribution in [0.2, 0.25) is 0 Å². The summed E-state index contributed by atoms with van der Waals surface area (Å²) in [5.41, 5.74) is 0.942. The fourth-order valence-electron chi connectivity index (χ4n) is 2.88. The van der Waals surface area contributed by atoms with Crippen LogP contribution >= 0.6 is 0 Å². The van der Waals surface area contributed by atoms with Crippen molar-refractivity contribution in [2.75, 3.05) is 12.4 Å². The van der Waals surface area contributed by atoms with E-state index in [-0.39, 0.29) is 16.5 Å². The number of benzene rings is 3. The number of azo groups is 1. The van der Waals surface area contributed by atoms with Gasteiger partial charge in [-0.25, -0.2) is 0 Å². The number of anilines is 1. The van der Waals surface area contributed by atoms with E-state index < -0.39 is 41.5 Å². The molecule has 0 atom stereocenters. The molecule has 158 valence electrons. The second-order valence-corrected chi connectivity index (χ2v) is 9.12. The molecule has 0 amide bonds. The second kappa shape index (κ2) is 7.65. The highest BCUT2D eigenvalue weighted by molar-refractivity contribution is 7.86. The third-order valence-corrected chi connectivity index (χ3v) is 6.08. The van der Waals surface area contributed by atoms with Gasteiger partial charge >= 0.3 is 0 Å². The Kier molecular flexibility index (Phi) is 5.52. The third-order valence-electron chi connectivity index (χ3n) is 4.30. The van der Waals surface area contributed by atoms with Crippen molar-refractivity contribution in [3.8, 4) is 5.75 Å². The first kappa shape index (κ1) is 21.6. The predicted octanol–water partition coefficient (Wildman–Crippen LogP) is 3.80. The third kappa shape index (κ3) is 4.11. The minimum atomic E-state index is -4.95. The Balaban J connectivity index is 2.42. The SMILES string of the molecule is CNc1ccc(S(=O)(=O)O)c2cc(S(=O)(=O)O)c(N=Nc3ccc(C)cc3)c(O)c12. The molecule has 0 fully saturated rings. The molecule has 30 heavy (non-hydrogen) atoms. The largest absolute Gasteiger partial charge is 0.505 e. The first-order chi connectivity index (χ1) is 13.9. The van der Waals surface area contributed by atoms with Crippen LogP contribution in [0.25, 0.3) is 10.8 Å². The van der Waals surface area contributed by atoms with Crippen molar-refractivity contribution in [2.45, 2.75) is 16.7 Å². The second-order valence-electron chi connectivity index (χ2n) is 6.34. The van der Waals surface area contributed by atoms with E-state index in [4.69, 9.17) is 0 Å². The summed E-state index contributed by atoms with van der Waals surface area (Å²) in [6.45, 7) is 1.86. The fraction of sp³-hybridized carbons (Fsp3) is 0.111. The minimum absolute atomic E-state index is 0.127. The molecule has 10 nitrogen and oxygen atoms in total. The van der Waals surface area contributed by atoms with Crippen molar-refractivity contribution in [1.82, 2.24) is 0 Å². The Morgan fingerprint density at radius 1 is 0.867 bits per heavy atom. The maximum absolute atomic E-state index is 11.9. The Morgan fingerprint density at radius 2 is 1.47 bits per heavy atom. The molecule has 12 heteroatoms. The number of phenolic OH excluding ortho intramolecular Hbond substituents is 1. The van der Waals surface area contributed by atoms with Gasteiger partial charge in [-0.05, 0) is 37.3 Å². The maximum Gasteiger partial charge on any atom is 0.296 e. The molecule has 0 bridgehead atoms. The van der Waals surface area contributed by atoms with Gasteiger partial charge in [-0.15, -0.1) is 5.11 Å². The zero-order chi connectivity index (χ0) is 22.3. The van der Waals surface area contributed by atoms with E-state index in [9.17, 15) is 31.0 Å². The lowest BCUT2D eigenvalue weighted by molar-refractivity contribution is 0.471. The van der Waals surface area contributed by atoms with Gasteiger partial charge in [0.1, 0.15) is 15.5 Å². The quantitative estimate of drug-likeness (QED) is 0.336. The van der Waals surface area contributed by atoms with Gasteiger partial charge in [-0.2, -0.15) is 21.9 Å². The van der Waals surface area contributed by atoms with Crippen LogP contribution in [0.15, 0.2) is 62.5 Å². The number of hydrogen-bond acceptors (Lipinski definition) is 8. The highest BCUT2D eigenvalue weighted by Crippen LogP contribution is 2.45. The molecule has 3 aromatic carbocycles. The molecule has 4 N–H and O–H groups in total. The lowest BCUT2D eigenvalue weighted by Crippen LogP contribution is -2.04. The number of nitrogens with zero attached hydrogens (tertiary/aromatic N) is 2. The van der Waals surface area contributed by atoms with Gasteiger partial charge < -0.3 is 10.4 Å². The van der Waals surface area contributed by atoms with Crippen molar-refractivity contribution in [1.29, 1.82) is 0 Å². The number of aromatic hydroxyl groups is 1. The number of fused-ring (bicyclic) bond motifs is 1. The zero-order valence-corrected chi connectivity index (χ0v) is 17.4. The molecule has 0 aromatic heterocycles. The van der Waals surface area contributed by atoms with Crippen LogP contribution in [-0.4, -0.2) is 38.1 Å². The van der Waals surface area contributed by atoms with Gasteiger partial charge in [0.15, 0.2) is 5.75 Å². The molecule has 0 saturated carbocycles. The molecular weight excluding hydrogens is 434 g/mol. The molecule has 3 rings (SSSR count). The van der Waals surface area contributed by atoms with E-state index in [0.29, 0.717) is 5.69 Å². The Hall–Kier alpha value is -3.06. The molecule has 0 unspecified atom stereocenters. The summed E-state index contributed by atoms with van der Waals surface area (Å²) < 4.78 is 66.5. The van der Waals surface area contributed by atoms with Gasteiger partial charge in [0.2, 0.25) is 0 Å². The molecule has 0 spiro atoms. The summed E-state index contributed by atoms with van der Waals surface area (Å²) in [5, 5.41) is 20.7. The van der Waals surface area contributed by atoms with Crippen molar-refractivity contribution in [3.63, 3.8) is 0 Å². The lowest BCUT2D eigenvalue weighted by Gasteiger charge is -2.14. The monoisotopic (exact) mass is 451 g/mol. The van der Waals surface area contributed by atoms with Crippen LogP contribution in [0.4, 0.5) is 17.1 Å². The van der Waals surface area contributed by atoms with E-state index in [1.165, 1.54) is 13.1 Å². The number of hydrogen-bond donors (Lipinski definition) is 4. The molecule has 0 radical (unpaired) electrons. The Bertz CT molecular complexity index is 1380. The number of rotatable bonds is 5. The summed E-state index contributed by atoms with van der Waals surface area (Å²) in [7, 11) is -8.23. The number of phenols is 1. The first-order valence-corrected chi connectivity index (χ1v) is 11.3. The van der Waals surface area contributed by atoms with Crippen molar-refractivity contribution in [3.05, 3.63) is 48.0 Å². The summed E-state index contributed by atoms with van der Waals surface area (Å²) in [6.07, 6.45) is 0. The number of nitrogens with one attached hydrogen (secondary N) is 1. The van der Waals surface area contributed by atoms with Crippen LogP contribution in [0.1, 0.15) is 5.56 Å². The van der Waals surface area contributed by atoms with Gasteiger partial charge in [0.05, 0.1) is 11.1 Å². The van der Waals surface area contributed by atoms with Crippen LogP contribution < -0.4 is 5.32 Å². The summed E-state index contributed by atoms with van der Waals surface area (Å²) >= 11 is 0. The zero-order valence-electron chi connectivity index (χ0n) is 15.7. The summed E-state index contributed by atoms with van der Waals surface area (Å²) in [5.74, 6) is -0.745. The molecule has 0 aliphatic carbocycles. The highest BCUT2D eigenvalue weighted by atomic mass is 32.2. The molecule has 0 saturated heterocycles. The van der Waals surface area contributed by atoms with Crippen LogP contribution in [0.3, 0.4) is 0 Å². The van der Waals surface area contributed by atoms with E-state index in [2.05, 4.69) is 15.5 Å². The van der Waals surface area contributed by atoms with Crippen LogP contribution in [0, 0.1) is 6.92 Å². The summed E-state index contributed by atoms with van der Waals surface area (Å²) in [6, 6.07) is 9.83. The van der Waals surface area contributed by atoms with Crippen LogP contribution in [0.5, 0.6) is 5.75 Å². The fourth-order valence-corrected chi connectivity index (χ4v) is 4.21. The molecular formula is C18H17N3O7S2.